The number of halogens is 1. The Kier molecular flexibility index (Phi) is 3.19. The van der Waals surface area contributed by atoms with Crippen LogP contribution in [0.4, 0.5) is 0 Å². The SMILES string of the molecule is CCOC(=O)c1cc(O)cc(O)c1Cl. The van der Waals surface area contributed by atoms with Crippen LogP contribution >= 0.6 is 11.6 Å². The summed E-state index contributed by atoms with van der Waals surface area (Å²) in [5.74, 6) is -1.27. The number of phenols is 2. The zero-order valence-corrected chi connectivity index (χ0v) is 8.21. The largest absolute Gasteiger partial charge is 0.508 e. The van der Waals surface area contributed by atoms with Crippen molar-refractivity contribution < 1.29 is 19.7 Å². The Balaban J connectivity index is 3.13. The molecule has 14 heavy (non-hydrogen) atoms. The van der Waals surface area contributed by atoms with Crippen LogP contribution in [0.15, 0.2) is 12.1 Å². The van der Waals surface area contributed by atoms with Gasteiger partial charge in [0.2, 0.25) is 0 Å². The van der Waals surface area contributed by atoms with Crippen molar-refractivity contribution in [3.8, 4) is 11.5 Å². The lowest BCUT2D eigenvalue weighted by Crippen LogP contribution is -2.05. The number of aromatic hydroxyl groups is 2. The van der Waals surface area contributed by atoms with Gasteiger partial charge in [-0.25, -0.2) is 4.79 Å². The van der Waals surface area contributed by atoms with Gasteiger partial charge in [-0.3, -0.25) is 0 Å². The molecule has 0 saturated carbocycles. The van der Waals surface area contributed by atoms with E-state index in [0.29, 0.717) is 0 Å². The Hall–Kier alpha value is -1.42. The first-order valence-electron chi connectivity index (χ1n) is 3.94. The summed E-state index contributed by atoms with van der Waals surface area (Å²) in [5.41, 5.74) is -0.0500. The molecule has 0 spiro atoms. The summed E-state index contributed by atoms with van der Waals surface area (Å²) in [4.78, 5) is 11.2. The normalized spacial score (nSPS) is 9.86. The Morgan fingerprint density at radius 2 is 2.14 bits per heavy atom. The van der Waals surface area contributed by atoms with E-state index in [-0.39, 0.29) is 28.7 Å². The second kappa shape index (κ2) is 4.19. The van der Waals surface area contributed by atoms with E-state index in [9.17, 15) is 9.90 Å². The van der Waals surface area contributed by atoms with Crippen LogP contribution in [0, 0.1) is 0 Å². The number of carbonyl (C=O) groups is 1. The van der Waals surface area contributed by atoms with Gasteiger partial charge in [0, 0.05) is 6.07 Å². The molecule has 0 heterocycles. The van der Waals surface area contributed by atoms with Gasteiger partial charge in [0.25, 0.3) is 0 Å². The number of hydrogen-bond acceptors (Lipinski definition) is 4. The molecule has 0 saturated heterocycles. The lowest BCUT2D eigenvalue weighted by molar-refractivity contribution is 0.0525. The van der Waals surface area contributed by atoms with Crippen molar-refractivity contribution in [2.75, 3.05) is 6.61 Å². The molecular formula is C9H9ClO4. The average Bonchev–Trinajstić information content (AvgIpc) is 2.11. The molecule has 76 valence electrons. The van der Waals surface area contributed by atoms with Crippen molar-refractivity contribution in [3.05, 3.63) is 22.7 Å². The van der Waals surface area contributed by atoms with Crippen LogP contribution in [0.25, 0.3) is 0 Å². The fourth-order valence-electron chi connectivity index (χ4n) is 0.952. The second-order valence-corrected chi connectivity index (χ2v) is 2.92. The smallest absolute Gasteiger partial charge is 0.339 e. The van der Waals surface area contributed by atoms with Crippen molar-refractivity contribution in [2.45, 2.75) is 6.92 Å². The van der Waals surface area contributed by atoms with Gasteiger partial charge in [-0.05, 0) is 13.0 Å². The minimum absolute atomic E-state index is 0.0500. The Bertz CT molecular complexity index is 362. The van der Waals surface area contributed by atoms with Crippen LogP contribution in [0.5, 0.6) is 11.5 Å². The van der Waals surface area contributed by atoms with Crippen molar-refractivity contribution in [1.82, 2.24) is 0 Å². The molecule has 4 nitrogen and oxygen atoms in total. The molecule has 0 aliphatic rings. The Labute approximate surface area is 85.7 Å². The quantitative estimate of drug-likeness (QED) is 0.742. The molecule has 0 amide bonds. The third-order valence-electron chi connectivity index (χ3n) is 1.53. The van der Waals surface area contributed by atoms with Crippen LogP contribution in [-0.2, 0) is 4.74 Å². The van der Waals surface area contributed by atoms with Crippen molar-refractivity contribution >= 4 is 17.6 Å². The van der Waals surface area contributed by atoms with E-state index in [0.717, 1.165) is 12.1 Å². The predicted octanol–water partition coefficient (Wildman–Crippen LogP) is 1.93. The van der Waals surface area contributed by atoms with Crippen LogP contribution in [0.2, 0.25) is 5.02 Å². The molecule has 2 N–H and O–H groups in total. The van der Waals surface area contributed by atoms with E-state index in [1.807, 2.05) is 0 Å². The molecule has 0 fully saturated rings. The van der Waals surface area contributed by atoms with Gasteiger partial charge in [0.15, 0.2) is 0 Å². The molecule has 0 aliphatic carbocycles. The number of benzene rings is 1. The minimum Gasteiger partial charge on any atom is -0.508 e. The number of hydrogen-bond donors (Lipinski definition) is 2. The molecule has 0 unspecified atom stereocenters. The van der Waals surface area contributed by atoms with E-state index < -0.39 is 5.97 Å². The zero-order valence-electron chi connectivity index (χ0n) is 7.45. The van der Waals surface area contributed by atoms with E-state index in [4.69, 9.17) is 16.7 Å². The van der Waals surface area contributed by atoms with Gasteiger partial charge in [0.05, 0.1) is 17.2 Å². The van der Waals surface area contributed by atoms with Crippen LogP contribution < -0.4 is 0 Å². The first-order chi connectivity index (χ1) is 6.56. The molecule has 0 bridgehead atoms. The van der Waals surface area contributed by atoms with Crippen LogP contribution in [-0.4, -0.2) is 22.8 Å². The maximum Gasteiger partial charge on any atom is 0.339 e. The van der Waals surface area contributed by atoms with Gasteiger partial charge in [0.1, 0.15) is 11.5 Å². The monoisotopic (exact) mass is 216 g/mol. The van der Waals surface area contributed by atoms with E-state index in [2.05, 4.69) is 4.74 Å². The number of esters is 1. The number of phenolic OH excluding ortho intramolecular Hbond substituents is 2. The molecule has 1 aromatic carbocycles. The topological polar surface area (TPSA) is 66.8 Å². The molecular weight excluding hydrogens is 208 g/mol. The lowest BCUT2D eigenvalue weighted by atomic mass is 10.2. The fraction of sp³-hybridized carbons (Fsp3) is 0.222. The molecule has 1 rings (SSSR count). The molecule has 5 heteroatoms. The minimum atomic E-state index is -0.677. The highest BCUT2D eigenvalue weighted by molar-refractivity contribution is 6.35. The van der Waals surface area contributed by atoms with E-state index in [1.165, 1.54) is 0 Å². The van der Waals surface area contributed by atoms with Gasteiger partial charge < -0.3 is 14.9 Å². The fourth-order valence-corrected chi connectivity index (χ4v) is 1.14. The summed E-state index contributed by atoms with van der Waals surface area (Å²) < 4.78 is 4.67. The predicted molar refractivity (Wildman–Crippen MR) is 50.7 cm³/mol. The molecule has 0 aromatic heterocycles. The van der Waals surface area contributed by atoms with Crippen molar-refractivity contribution in [2.24, 2.45) is 0 Å². The molecule has 1 aromatic rings. The molecule has 0 aliphatic heterocycles. The highest BCUT2D eigenvalue weighted by Crippen LogP contribution is 2.31. The molecule has 0 atom stereocenters. The van der Waals surface area contributed by atoms with Crippen molar-refractivity contribution in [1.29, 1.82) is 0 Å². The maximum absolute atomic E-state index is 11.2. The standard InChI is InChI=1S/C9H9ClO4/c1-2-14-9(13)6-3-5(11)4-7(12)8(6)10/h3-4,11-12H,2H2,1H3. The number of rotatable bonds is 2. The zero-order chi connectivity index (χ0) is 10.7. The summed E-state index contributed by atoms with van der Waals surface area (Å²) in [6, 6.07) is 2.19. The van der Waals surface area contributed by atoms with Crippen molar-refractivity contribution in [3.63, 3.8) is 0 Å². The second-order valence-electron chi connectivity index (χ2n) is 2.55. The highest BCUT2D eigenvalue weighted by Gasteiger charge is 2.15. The average molecular weight is 217 g/mol. The van der Waals surface area contributed by atoms with E-state index >= 15 is 0 Å². The summed E-state index contributed by atoms with van der Waals surface area (Å²) in [5, 5.41) is 18.2. The first kappa shape index (κ1) is 10.7. The van der Waals surface area contributed by atoms with Gasteiger partial charge in [-0.1, -0.05) is 11.6 Å². The highest BCUT2D eigenvalue weighted by atomic mass is 35.5. The van der Waals surface area contributed by atoms with Crippen LogP contribution in [0.1, 0.15) is 17.3 Å². The van der Waals surface area contributed by atoms with E-state index in [1.54, 1.807) is 6.92 Å². The summed E-state index contributed by atoms with van der Waals surface area (Å²) >= 11 is 5.63. The summed E-state index contributed by atoms with van der Waals surface area (Å²) in [6.45, 7) is 1.85. The van der Waals surface area contributed by atoms with Gasteiger partial charge >= 0.3 is 5.97 Å². The third-order valence-corrected chi connectivity index (χ3v) is 1.93. The Morgan fingerprint density at radius 1 is 1.50 bits per heavy atom. The van der Waals surface area contributed by atoms with Crippen LogP contribution in [0.3, 0.4) is 0 Å². The maximum atomic E-state index is 11.2. The number of ether oxygens (including phenoxy) is 1. The summed E-state index contributed by atoms with van der Waals surface area (Å²) in [6.07, 6.45) is 0. The molecule has 0 radical (unpaired) electrons. The van der Waals surface area contributed by atoms with Gasteiger partial charge in [-0.15, -0.1) is 0 Å². The summed E-state index contributed by atoms with van der Waals surface area (Å²) in [7, 11) is 0. The first-order valence-corrected chi connectivity index (χ1v) is 4.32. The Morgan fingerprint density at radius 3 is 2.71 bits per heavy atom. The lowest BCUT2D eigenvalue weighted by Gasteiger charge is -2.05. The van der Waals surface area contributed by atoms with Gasteiger partial charge in [-0.2, -0.15) is 0 Å². The third kappa shape index (κ3) is 2.09. The number of carbonyl (C=O) groups excluding carboxylic acids is 1.